The zero-order valence-electron chi connectivity index (χ0n) is 33.6. The maximum atomic E-state index is 6.28. The molecule has 0 amide bonds. The van der Waals surface area contributed by atoms with Crippen LogP contribution in [0.25, 0.3) is 136 Å². The Bertz CT molecular complexity index is 4230. The molecule has 6 heteroatoms. The van der Waals surface area contributed by atoms with Crippen molar-refractivity contribution in [3.8, 4) is 39.9 Å². The van der Waals surface area contributed by atoms with Crippen LogP contribution in [0.4, 0.5) is 0 Å². The monoisotopic (exact) mass is 820 g/mol. The Hall–Kier alpha value is -8.19. The van der Waals surface area contributed by atoms with Gasteiger partial charge in [0.1, 0.15) is 11.2 Å². The van der Waals surface area contributed by atoms with E-state index in [2.05, 4.69) is 180 Å². The fourth-order valence-corrected chi connectivity index (χ4v) is 11.0. The van der Waals surface area contributed by atoms with Crippen molar-refractivity contribution in [3.63, 3.8) is 0 Å². The van der Waals surface area contributed by atoms with Crippen molar-refractivity contribution >= 4 is 108 Å². The molecule has 0 saturated carbocycles. The summed E-state index contributed by atoms with van der Waals surface area (Å²) in [6.45, 7) is 0. The van der Waals surface area contributed by atoms with E-state index < -0.39 is 0 Å². The van der Waals surface area contributed by atoms with Crippen molar-refractivity contribution in [2.45, 2.75) is 0 Å². The summed E-state index contributed by atoms with van der Waals surface area (Å²) in [5, 5.41) is 13.9. The zero-order chi connectivity index (χ0) is 41.2. The van der Waals surface area contributed by atoms with Gasteiger partial charge in [-0.25, -0.2) is 15.0 Å². The van der Waals surface area contributed by atoms with E-state index in [1.165, 1.54) is 47.1 Å². The van der Waals surface area contributed by atoms with Gasteiger partial charge in [0.2, 0.25) is 0 Å². The second-order valence-corrected chi connectivity index (χ2v) is 17.5. The zero-order valence-corrected chi connectivity index (χ0v) is 34.4. The maximum Gasteiger partial charge on any atom is 0.166 e. The third-order valence-corrected chi connectivity index (χ3v) is 13.9. The van der Waals surface area contributed by atoms with Gasteiger partial charge < -0.3 is 8.98 Å². The summed E-state index contributed by atoms with van der Waals surface area (Å²) in [6.07, 6.45) is 0. The van der Waals surface area contributed by atoms with Crippen molar-refractivity contribution in [1.29, 1.82) is 0 Å². The van der Waals surface area contributed by atoms with Crippen LogP contribution in [0, 0.1) is 0 Å². The molecule has 0 aliphatic rings. The number of rotatable bonds is 4. The van der Waals surface area contributed by atoms with Crippen molar-refractivity contribution in [1.82, 2.24) is 19.5 Å². The number of benzene rings is 10. The summed E-state index contributed by atoms with van der Waals surface area (Å²) in [7, 11) is 0. The molecular formula is C57H32N4OS. The number of thiophene rings is 1. The quantitative estimate of drug-likeness (QED) is 0.177. The van der Waals surface area contributed by atoms with Crippen LogP contribution >= 0.6 is 11.3 Å². The summed E-state index contributed by atoms with van der Waals surface area (Å²) in [5.74, 6) is 1.82. The average molecular weight is 821 g/mol. The molecule has 63 heavy (non-hydrogen) atoms. The molecule has 0 atom stereocenters. The Morgan fingerprint density at radius 3 is 1.75 bits per heavy atom. The fraction of sp³-hybridized carbons (Fsp3) is 0. The Kier molecular flexibility index (Phi) is 7.21. The molecule has 0 aliphatic carbocycles. The summed E-state index contributed by atoms with van der Waals surface area (Å²) >= 11 is 1.82. The summed E-state index contributed by atoms with van der Waals surface area (Å²) < 4.78 is 11.1. The molecule has 0 unspecified atom stereocenters. The van der Waals surface area contributed by atoms with Gasteiger partial charge in [-0.1, -0.05) is 121 Å². The van der Waals surface area contributed by atoms with Gasteiger partial charge in [0.15, 0.2) is 17.5 Å². The highest BCUT2D eigenvalue weighted by molar-refractivity contribution is 7.26. The van der Waals surface area contributed by atoms with Gasteiger partial charge in [0.05, 0.1) is 22.3 Å². The molecule has 10 aromatic carbocycles. The SMILES string of the molecule is c1ccc2cc(-c3nc(-c4ccc5oc6ccccc6c5c4)nc(-c4c(-n5c6ccccc6c6cc7ccccc7cc65)ccc5sc6cc7ccccc7cc6c45)n3)ccc2c1. The van der Waals surface area contributed by atoms with E-state index in [0.29, 0.717) is 17.5 Å². The van der Waals surface area contributed by atoms with Crippen LogP contribution in [-0.4, -0.2) is 19.5 Å². The first kappa shape index (κ1) is 34.5. The second kappa shape index (κ2) is 13.2. The largest absolute Gasteiger partial charge is 0.456 e. The molecule has 14 aromatic rings. The molecule has 292 valence electrons. The van der Waals surface area contributed by atoms with Gasteiger partial charge >= 0.3 is 0 Å². The lowest BCUT2D eigenvalue weighted by Gasteiger charge is -2.16. The van der Waals surface area contributed by atoms with E-state index in [0.717, 1.165) is 71.5 Å². The number of nitrogens with zero attached hydrogens (tertiary/aromatic N) is 4. The minimum Gasteiger partial charge on any atom is -0.456 e. The Morgan fingerprint density at radius 2 is 0.952 bits per heavy atom. The summed E-state index contributed by atoms with van der Waals surface area (Å²) in [6, 6.07) is 69.3. The van der Waals surface area contributed by atoms with Crippen LogP contribution in [0.3, 0.4) is 0 Å². The third kappa shape index (κ3) is 5.25. The molecule has 0 N–H and O–H groups in total. The van der Waals surface area contributed by atoms with Gasteiger partial charge in [0, 0.05) is 52.8 Å². The lowest BCUT2D eigenvalue weighted by atomic mass is 10.0. The van der Waals surface area contributed by atoms with Crippen molar-refractivity contribution in [2.24, 2.45) is 0 Å². The Morgan fingerprint density at radius 1 is 0.365 bits per heavy atom. The fourth-order valence-electron chi connectivity index (χ4n) is 9.81. The average Bonchev–Trinajstić information content (AvgIpc) is 4.00. The first-order valence-corrected chi connectivity index (χ1v) is 22.0. The van der Waals surface area contributed by atoms with E-state index in [1.807, 2.05) is 29.5 Å². The molecule has 0 spiro atoms. The van der Waals surface area contributed by atoms with Crippen LogP contribution < -0.4 is 0 Å². The number of furan rings is 1. The molecule has 0 aliphatic heterocycles. The summed E-state index contributed by atoms with van der Waals surface area (Å²) in [4.78, 5) is 16.4. The number of fused-ring (bicyclic) bond motifs is 12. The highest BCUT2D eigenvalue weighted by Crippen LogP contribution is 2.46. The first-order chi connectivity index (χ1) is 31.2. The third-order valence-electron chi connectivity index (χ3n) is 12.8. The van der Waals surface area contributed by atoms with Crippen molar-refractivity contribution in [2.75, 3.05) is 0 Å². The van der Waals surface area contributed by atoms with Gasteiger partial charge in [-0.15, -0.1) is 11.3 Å². The van der Waals surface area contributed by atoms with E-state index in [-0.39, 0.29) is 0 Å². The minimum atomic E-state index is 0.594. The number of hydrogen-bond acceptors (Lipinski definition) is 5. The number of hydrogen-bond donors (Lipinski definition) is 0. The standard InChI is InChI=1S/C57H32N4OS/c1-2-12-34-27-39(22-21-33(34)11-1)55-58-56(40-23-25-50-44(30-40)42-18-8-10-20-49(42)62-50)60-57(59-55)54-47(24-26-51-53(54)45-29-36-14-4-6-16-38(36)32-52(45)63-51)61-46-19-9-7-17-41(46)43-28-35-13-3-5-15-37(35)31-48(43)61/h1-32H. The van der Waals surface area contributed by atoms with E-state index in [9.17, 15) is 0 Å². The molecule has 4 heterocycles. The molecule has 0 bridgehead atoms. The number of aromatic nitrogens is 4. The van der Waals surface area contributed by atoms with Crippen LogP contribution in [-0.2, 0) is 0 Å². The van der Waals surface area contributed by atoms with Crippen LogP contribution in [0.1, 0.15) is 0 Å². The minimum absolute atomic E-state index is 0.594. The molecule has 0 fully saturated rings. The molecule has 5 nitrogen and oxygen atoms in total. The van der Waals surface area contributed by atoms with Crippen LogP contribution in [0.15, 0.2) is 199 Å². The predicted molar refractivity (Wildman–Crippen MR) is 263 cm³/mol. The maximum absolute atomic E-state index is 6.28. The Balaban J connectivity index is 1.13. The number of para-hydroxylation sites is 2. The molecule has 0 radical (unpaired) electrons. The highest BCUT2D eigenvalue weighted by Gasteiger charge is 2.25. The van der Waals surface area contributed by atoms with Crippen LogP contribution in [0.5, 0.6) is 0 Å². The topological polar surface area (TPSA) is 56.7 Å². The van der Waals surface area contributed by atoms with Gasteiger partial charge in [-0.2, -0.15) is 0 Å². The molecule has 14 rings (SSSR count). The van der Waals surface area contributed by atoms with Gasteiger partial charge in [0.25, 0.3) is 0 Å². The molecule has 0 saturated heterocycles. The molecule has 4 aromatic heterocycles. The van der Waals surface area contributed by atoms with E-state index >= 15 is 0 Å². The lowest BCUT2D eigenvalue weighted by molar-refractivity contribution is 0.669. The highest BCUT2D eigenvalue weighted by atomic mass is 32.1. The predicted octanol–water partition coefficient (Wildman–Crippen LogP) is 15.7. The second-order valence-electron chi connectivity index (χ2n) is 16.4. The van der Waals surface area contributed by atoms with E-state index in [4.69, 9.17) is 19.4 Å². The Labute approximate surface area is 363 Å². The van der Waals surface area contributed by atoms with E-state index in [1.54, 1.807) is 0 Å². The van der Waals surface area contributed by atoms with Crippen molar-refractivity contribution < 1.29 is 4.42 Å². The van der Waals surface area contributed by atoms with Gasteiger partial charge in [-0.3, -0.25) is 0 Å². The summed E-state index contributed by atoms with van der Waals surface area (Å²) in [5.41, 5.74) is 7.71. The van der Waals surface area contributed by atoms with Crippen molar-refractivity contribution in [3.05, 3.63) is 194 Å². The van der Waals surface area contributed by atoms with Gasteiger partial charge in [-0.05, 0) is 105 Å². The molecular weight excluding hydrogens is 789 g/mol. The smallest absolute Gasteiger partial charge is 0.166 e. The first-order valence-electron chi connectivity index (χ1n) is 21.2. The normalized spacial score (nSPS) is 12.1. The lowest BCUT2D eigenvalue weighted by Crippen LogP contribution is -2.04. The van der Waals surface area contributed by atoms with Crippen LogP contribution in [0.2, 0.25) is 0 Å².